The largest absolute Gasteiger partial charge is 0.334 e. The lowest BCUT2D eigenvalue weighted by Gasteiger charge is -2.36. The van der Waals surface area contributed by atoms with Gasteiger partial charge in [0, 0.05) is 13.1 Å². The van der Waals surface area contributed by atoms with Gasteiger partial charge in [-0.2, -0.15) is 0 Å². The summed E-state index contributed by atoms with van der Waals surface area (Å²) in [6, 6.07) is 0. The van der Waals surface area contributed by atoms with E-state index in [0.29, 0.717) is 19.0 Å². The number of likely N-dealkylation sites (N-methyl/N-ethyl adjacent to an activating group) is 1. The van der Waals surface area contributed by atoms with Crippen LogP contribution in [-0.2, 0) is 4.79 Å². The number of nitrogens with zero attached hydrogens (tertiary/aromatic N) is 2. The van der Waals surface area contributed by atoms with Gasteiger partial charge in [0.1, 0.15) is 0 Å². The van der Waals surface area contributed by atoms with Gasteiger partial charge in [-0.3, -0.25) is 4.79 Å². The molecule has 2 unspecified atom stereocenters. The van der Waals surface area contributed by atoms with Gasteiger partial charge in [0.2, 0.25) is 5.91 Å². The summed E-state index contributed by atoms with van der Waals surface area (Å²) in [6.07, 6.45) is 3.52. The van der Waals surface area contributed by atoms with Crippen LogP contribution >= 0.6 is 0 Å². The number of likely N-dealkylation sites (tertiary alicyclic amines) is 1. The van der Waals surface area contributed by atoms with Crippen molar-refractivity contribution in [2.75, 3.05) is 33.7 Å². The molecule has 0 radical (unpaired) electrons. The molecule has 1 saturated carbocycles. The molecule has 1 aliphatic heterocycles. The van der Waals surface area contributed by atoms with Gasteiger partial charge in [0.15, 0.2) is 0 Å². The van der Waals surface area contributed by atoms with E-state index in [9.17, 15) is 4.79 Å². The summed E-state index contributed by atoms with van der Waals surface area (Å²) in [5.41, 5.74) is 5.88. The number of fused-ring (bicyclic) bond motifs is 1. The third-order valence-electron chi connectivity index (χ3n) is 3.78. The van der Waals surface area contributed by atoms with Crippen molar-refractivity contribution in [2.45, 2.75) is 24.8 Å². The van der Waals surface area contributed by atoms with Gasteiger partial charge in [-0.25, -0.2) is 0 Å². The maximum absolute atomic E-state index is 12.0. The predicted octanol–water partition coefficient (Wildman–Crippen LogP) is -0.112. The molecule has 2 fully saturated rings. The maximum atomic E-state index is 12.0. The molecule has 0 aromatic carbocycles. The van der Waals surface area contributed by atoms with Crippen LogP contribution in [0.3, 0.4) is 0 Å². The number of amides is 1. The molecule has 1 aliphatic carbocycles. The smallest absolute Gasteiger partial charge is 0.237 e. The van der Waals surface area contributed by atoms with E-state index in [1.54, 1.807) is 0 Å². The van der Waals surface area contributed by atoms with E-state index >= 15 is 0 Å². The average Bonchev–Trinajstić information content (AvgIpc) is 2.90. The van der Waals surface area contributed by atoms with Crippen LogP contribution in [0, 0.1) is 5.92 Å². The molecule has 0 spiro atoms. The van der Waals surface area contributed by atoms with Gasteiger partial charge < -0.3 is 15.5 Å². The van der Waals surface area contributed by atoms with Crippen LogP contribution in [0.2, 0.25) is 0 Å². The second kappa shape index (κ2) is 3.76. The Balaban J connectivity index is 2.04. The number of rotatable bonds is 3. The molecular weight excluding hydrogens is 190 g/mol. The Kier molecular flexibility index (Phi) is 2.73. The second-order valence-corrected chi connectivity index (χ2v) is 5.13. The first-order valence-electron chi connectivity index (χ1n) is 5.75. The Bertz CT molecular complexity index is 267. The summed E-state index contributed by atoms with van der Waals surface area (Å²) >= 11 is 0. The highest BCUT2D eigenvalue weighted by Gasteiger charge is 2.59. The molecule has 2 N–H and O–H groups in total. The molecule has 86 valence electrons. The van der Waals surface area contributed by atoms with Gasteiger partial charge in [-0.1, -0.05) is 0 Å². The zero-order chi connectivity index (χ0) is 11.1. The summed E-state index contributed by atoms with van der Waals surface area (Å²) in [5.74, 6) is 0.926. The van der Waals surface area contributed by atoms with Crippen LogP contribution < -0.4 is 5.73 Å². The lowest BCUT2D eigenvalue weighted by Crippen LogP contribution is -2.52. The molecule has 0 bridgehead atoms. The highest BCUT2D eigenvalue weighted by atomic mass is 16.2. The molecule has 0 aromatic rings. The highest BCUT2D eigenvalue weighted by molar-refractivity contribution is 5.80. The topological polar surface area (TPSA) is 49.6 Å². The second-order valence-electron chi connectivity index (χ2n) is 5.13. The molecule has 0 aromatic heterocycles. The van der Waals surface area contributed by atoms with Crippen molar-refractivity contribution in [1.29, 1.82) is 0 Å². The third-order valence-corrected chi connectivity index (χ3v) is 3.78. The fraction of sp³-hybridized carbons (Fsp3) is 0.909. The minimum Gasteiger partial charge on any atom is -0.334 e. The first-order chi connectivity index (χ1) is 7.10. The van der Waals surface area contributed by atoms with Crippen LogP contribution in [0.5, 0.6) is 0 Å². The number of hydrogen-bond acceptors (Lipinski definition) is 3. The summed E-state index contributed by atoms with van der Waals surface area (Å²) < 4.78 is 0. The molecule has 15 heavy (non-hydrogen) atoms. The first-order valence-corrected chi connectivity index (χ1v) is 5.75. The van der Waals surface area contributed by atoms with E-state index in [-0.39, 0.29) is 11.4 Å². The van der Waals surface area contributed by atoms with Crippen molar-refractivity contribution >= 4 is 5.91 Å². The predicted molar refractivity (Wildman–Crippen MR) is 59.4 cm³/mol. The van der Waals surface area contributed by atoms with Gasteiger partial charge in [-0.05, 0) is 39.3 Å². The fourth-order valence-electron chi connectivity index (χ4n) is 2.88. The van der Waals surface area contributed by atoms with Gasteiger partial charge >= 0.3 is 0 Å². The minimum atomic E-state index is 0.0470. The Labute approximate surface area is 91.4 Å². The molecule has 2 atom stereocenters. The van der Waals surface area contributed by atoms with E-state index in [2.05, 4.69) is 0 Å². The lowest BCUT2D eigenvalue weighted by atomic mass is 10.0. The first kappa shape index (κ1) is 10.9. The molecule has 1 heterocycles. The Morgan fingerprint density at radius 3 is 2.93 bits per heavy atom. The molecule has 1 saturated heterocycles. The van der Waals surface area contributed by atoms with Gasteiger partial charge in [0.05, 0.1) is 12.1 Å². The van der Waals surface area contributed by atoms with Crippen molar-refractivity contribution in [1.82, 2.24) is 9.80 Å². The standard InChI is InChI=1S/C11H21N3O/c1-13(2)7-10(15)14-5-3-4-9-6-11(9,14)8-12/h9H,3-8,12H2,1-2H3. The molecule has 4 heteroatoms. The Morgan fingerprint density at radius 1 is 1.60 bits per heavy atom. The van der Waals surface area contributed by atoms with Crippen LogP contribution in [0.1, 0.15) is 19.3 Å². The van der Waals surface area contributed by atoms with E-state index in [0.717, 1.165) is 19.4 Å². The van der Waals surface area contributed by atoms with E-state index in [1.807, 2.05) is 23.9 Å². The maximum Gasteiger partial charge on any atom is 0.237 e. The van der Waals surface area contributed by atoms with Gasteiger partial charge in [0.25, 0.3) is 0 Å². The molecule has 2 rings (SSSR count). The number of carbonyl (C=O) groups excluding carboxylic acids is 1. The quantitative estimate of drug-likeness (QED) is 0.708. The summed E-state index contributed by atoms with van der Waals surface area (Å²) in [6.45, 7) is 2.05. The average molecular weight is 211 g/mol. The Hall–Kier alpha value is -0.610. The van der Waals surface area contributed by atoms with E-state index in [4.69, 9.17) is 5.73 Å². The third kappa shape index (κ3) is 1.76. The van der Waals surface area contributed by atoms with Gasteiger partial charge in [-0.15, -0.1) is 0 Å². The molecular formula is C11H21N3O. The number of nitrogens with two attached hydrogens (primary N) is 1. The van der Waals surface area contributed by atoms with Crippen LogP contribution in [0.25, 0.3) is 0 Å². The SMILES string of the molecule is CN(C)CC(=O)N1CCCC2CC21CN. The number of hydrogen-bond donors (Lipinski definition) is 1. The fourth-order valence-corrected chi connectivity index (χ4v) is 2.88. The van der Waals surface area contributed by atoms with Crippen molar-refractivity contribution in [3.63, 3.8) is 0 Å². The molecule has 1 amide bonds. The van der Waals surface area contributed by atoms with Crippen LogP contribution in [0.15, 0.2) is 0 Å². The number of carbonyl (C=O) groups is 1. The monoisotopic (exact) mass is 211 g/mol. The Morgan fingerprint density at radius 2 is 2.33 bits per heavy atom. The van der Waals surface area contributed by atoms with E-state index < -0.39 is 0 Å². The summed E-state index contributed by atoms with van der Waals surface area (Å²) in [4.78, 5) is 16.0. The minimum absolute atomic E-state index is 0.0470. The molecule has 4 nitrogen and oxygen atoms in total. The zero-order valence-corrected chi connectivity index (χ0v) is 9.70. The van der Waals surface area contributed by atoms with Crippen molar-refractivity contribution in [3.8, 4) is 0 Å². The van der Waals surface area contributed by atoms with Crippen molar-refractivity contribution < 1.29 is 4.79 Å². The van der Waals surface area contributed by atoms with Crippen LogP contribution in [0.4, 0.5) is 0 Å². The van der Waals surface area contributed by atoms with Crippen molar-refractivity contribution in [2.24, 2.45) is 11.7 Å². The van der Waals surface area contributed by atoms with Crippen molar-refractivity contribution in [3.05, 3.63) is 0 Å². The van der Waals surface area contributed by atoms with E-state index in [1.165, 1.54) is 6.42 Å². The van der Waals surface area contributed by atoms with Crippen LogP contribution in [-0.4, -0.2) is 55.0 Å². The number of piperidine rings is 1. The zero-order valence-electron chi connectivity index (χ0n) is 9.70. The highest BCUT2D eigenvalue weighted by Crippen LogP contribution is 2.53. The summed E-state index contributed by atoms with van der Waals surface area (Å²) in [5, 5.41) is 0. The summed E-state index contributed by atoms with van der Waals surface area (Å²) in [7, 11) is 3.86. The lowest BCUT2D eigenvalue weighted by molar-refractivity contribution is -0.136. The normalized spacial score (nSPS) is 34.1. The molecule has 2 aliphatic rings.